The summed E-state index contributed by atoms with van der Waals surface area (Å²) in [5.41, 5.74) is 6.69. The number of rotatable bonds is 48. The number of azo groups is 1. The molecule has 1 unspecified atom stereocenters. The van der Waals surface area contributed by atoms with Crippen molar-refractivity contribution in [2.45, 2.75) is 395 Å². The van der Waals surface area contributed by atoms with Gasteiger partial charge in [0, 0.05) is 164 Å². The number of ketones is 4. The normalized spacial score (nSPS) is 18.2. The summed E-state index contributed by atoms with van der Waals surface area (Å²) in [5, 5.41) is 79.1. The maximum Gasteiger partial charge on any atom is 0.222 e. The molecule has 7 fully saturated rings. The van der Waals surface area contributed by atoms with Crippen LogP contribution < -0.4 is 16.0 Å². The van der Waals surface area contributed by atoms with Crippen LogP contribution in [0.3, 0.4) is 0 Å². The number of carbonyl (C=O) groups is 7. The minimum Gasteiger partial charge on any atom is -0.352 e. The van der Waals surface area contributed by atoms with Gasteiger partial charge in [-0.25, -0.2) is 0 Å². The number of aryl methyl sites for hydroxylation is 5. The quantitative estimate of drug-likeness (QED) is 0.0160. The number of aromatic amines is 6. The van der Waals surface area contributed by atoms with Crippen molar-refractivity contribution >= 4 is 40.9 Å². The highest BCUT2D eigenvalue weighted by atomic mass is 16.2. The van der Waals surface area contributed by atoms with Gasteiger partial charge in [-0.2, -0.15) is 103 Å². The van der Waals surface area contributed by atoms with Gasteiger partial charge in [0.1, 0.15) is 28.8 Å². The molecule has 0 spiro atoms. The Hall–Kier alpha value is -9.01. The van der Waals surface area contributed by atoms with E-state index in [1.165, 1.54) is 96.2 Å². The maximum atomic E-state index is 12.2. The van der Waals surface area contributed by atoms with Crippen LogP contribution in [0.25, 0.3) is 0 Å². The Morgan fingerprint density at radius 1 is 0.331 bits per heavy atom. The highest BCUT2D eigenvalue weighted by Gasteiger charge is 2.32. The van der Waals surface area contributed by atoms with E-state index in [-0.39, 0.29) is 11.8 Å². The maximum absolute atomic E-state index is 12.2. The van der Waals surface area contributed by atoms with Crippen LogP contribution in [0.5, 0.6) is 0 Å². The highest BCUT2D eigenvalue weighted by Crippen LogP contribution is 2.30. The Balaban J connectivity index is 0.000000199. The second-order valence-electron chi connectivity index (χ2n) is 41.9. The van der Waals surface area contributed by atoms with Crippen LogP contribution >= 0.6 is 0 Å². The van der Waals surface area contributed by atoms with Gasteiger partial charge in [0.2, 0.25) is 17.7 Å². The number of likely N-dealkylation sites (tertiary alicyclic amines) is 7. The van der Waals surface area contributed by atoms with Crippen LogP contribution in [-0.2, 0) is 72.2 Å². The highest BCUT2D eigenvalue weighted by molar-refractivity contribution is 5.80. The molecule has 0 saturated carbocycles. The van der Waals surface area contributed by atoms with E-state index in [2.05, 4.69) is 245 Å². The van der Waals surface area contributed by atoms with Crippen LogP contribution in [0.4, 0.5) is 0 Å². The third kappa shape index (κ3) is 48.6. The number of amides is 3. The van der Waals surface area contributed by atoms with Crippen LogP contribution in [0.15, 0.2) is 59.2 Å². The van der Waals surface area contributed by atoms with Crippen LogP contribution in [-0.4, -0.2) is 320 Å². The average Bonchev–Trinajstić information content (AvgIpc) is 1.41. The van der Waals surface area contributed by atoms with Gasteiger partial charge < -0.3 is 45.3 Å². The van der Waals surface area contributed by atoms with E-state index in [1.54, 1.807) is 37.2 Å². The summed E-state index contributed by atoms with van der Waals surface area (Å²) in [6.45, 7) is 47.8. The zero-order valence-corrected chi connectivity index (χ0v) is 87.4. The molecule has 778 valence electrons. The SMILES string of the molecule is CC(C)N1CC(CC(=O)CCCc2cn[nH]n2)C1.CC(C)N1CCC(CC(=O)CCCc2cn[nH]n2)CC1.CC(C)N1CCC(CCC(=O)CCCC2=CN=NC2)CC1.CC(C)N1CCC(CCC(=O)CCc2cn[nH]n2)CC1.CC(C)N1CCC(CCC(=O)NCc2cn[nH]n2)CC1.CC(C)N1CCC(NC(=O)CCCc2cn[nH]n2)C1.CC(C)NC1CCN(C(=O)CCCCc2cn[nH]n2)CC1. The first-order chi connectivity index (χ1) is 67.0. The van der Waals surface area contributed by atoms with Crippen molar-refractivity contribution in [3.63, 3.8) is 0 Å². The van der Waals surface area contributed by atoms with Crippen molar-refractivity contribution in [3.05, 3.63) is 83.1 Å². The summed E-state index contributed by atoms with van der Waals surface area (Å²) in [6, 6.07) is 5.18. The number of nitrogens with one attached hydrogen (secondary N) is 9. The first-order valence-electron chi connectivity index (χ1n) is 53.3. The topological polar surface area (TPSA) is 452 Å². The second-order valence-corrected chi connectivity index (χ2v) is 41.9. The summed E-state index contributed by atoms with van der Waals surface area (Å²) in [7, 11) is 0. The molecule has 139 heavy (non-hydrogen) atoms. The molecule has 8 aliphatic heterocycles. The van der Waals surface area contributed by atoms with E-state index in [0.29, 0.717) is 153 Å². The number of nitrogens with zero attached hydrogens (tertiary/aromatic N) is 21. The van der Waals surface area contributed by atoms with Crippen molar-refractivity contribution < 1.29 is 33.6 Å². The first-order valence-corrected chi connectivity index (χ1v) is 53.3. The van der Waals surface area contributed by atoms with Crippen LogP contribution in [0, 0.1) is 29.6 Å². The summed E-state index contributed by atoms with van der Waals surface area (Å²) >= 11 is 0. The van der Waals surface area contributed by atoms with E-state index < -0.39 is 0 Å². The predicted molar refractivity (Wildman–Crippen MR) is 543 cm³/mol. The molecule has 37 nitrogen and oxygen atoms in total. The molecule has 1 atom stereocenters. The number of piperidine rings is 5. The zero-order valence-electron chi connectivity index (χ0n) is 87.4. The lowest BCUT2D eigenvalue weighted by atomic mass is 9.90. The van der Waals surface area contributed by atoms with E-state index in [4.69, 9.17) is 0 Å². The first kappa shape index (κ1) is 115. The zero-order chi connectivity index (χ0) is 99.9. The molecule has 6 aromatic heterocycles. The summed E-state index contributed by atoms with van der Waals surface area (Å²) in [4.78, 5) is 100. The minimum atomic E-state index is 0.110. The van der Waals surface area contributed by atoms with E-state index in [9.17, 15) is 33.6 Å². The lowest BCUT2D eigenvalue weighted by molar-refractivity contribution is -0.132. The molecule has 8 aliphatic rings. The van der Waals surface area contributed by atoms with Gasteiger partial charge in [0.25, 0.3) is 0 Å². The third-order valence-electron chi connectivity index (χ3n) is 28.6. The third-order valence-corrected chi connectivity index (χ3v) is 28.6. The van der Waals surface area contributed by atoms with Gasteiger partial charge in [-0.05, 0) is 338 Å². The fourth-order valence-corrected chi connectivity index (χ4v) is 19.4. The molecule has 37 heteroatoms. The molecule has 14 heterocycles. The Kier molecular flexibility index (Phi) is 54.7. The molecule has 3 amide bonds. The molecule has 7 saturated heterocycles. The smallest absolute Gasteiger partial charge is 0.222 e. The van der Waals surface area contributed by atoms with Crippen molar-refractivity contribution in [3.8, 4) is 0 Å². The van der Waals surface area contributed by atoms with Gasteiger partial charge in [-0.1, -0.05) is 13.8 Å². The molecular formula is C102H178N30O7. The van der Waals surface area contributed by atoms with Crippen LogP contribution in [0.1, 0.15) is 337 Å². The van der Waals surface area contributed by atoms with Gasteiger partial charge >= 0.3 is 0 Å². The Labute approximate surface area is 829 Å². The number of carbonyl (C=O) groups excluding carboxylic acids is 7. The average molecular weight is 1940 g/mol. The molecule has 0 radical (unpaired) electrons. The van der Waals surface area contributed by atoms with E-state index in [0.717, 1.165) is 246 Å². The molecule has 9 N–H and O–H groups in total. The van der Waals surface area contributed by atoms with Gasteiger partial charge in [-0.3, -0.25) is 38.5 Å². The standard InChI is InChI=1S/C17H29N3O.C15H27N5O.2C15H26N4O.C14H25N5O.C13H23N5O.C13H22N4O/c1-14(2)20-10-8-15(9-11-20)6-7-17(21)5-3-4-16-12-18-19-13-16;1-12(2)17-13-7-9-20(10-8-13)15(21)6-4-3-5-14-11-16-19-18-14;1-12(2)19-9-7-13(8-10-19)3-5-15(20)6-4-14-11-16-18-17-14;1-12(2)19-8-6-13(7-9-19)10-15(20)5-3-4-14-11-16-18-17-14;1-11(2)19-7-5-12(6-8-19)3-4-14(20)15-9-13-10-16-18-17-13;1-10(2)18-7-6-12(9-18)15-13(19)5-3-4-11-8-14-17-16-11;1-10(2)17-8-11(9-17)6-13(18)5-3-4-12-7-14-16-15-12/h12,14-15H,3-11,13H2,1-2H3;11-13,17H,3-10H2,1-2H3,(H,16,18,19);2*11-13H,3-10H2,1-2H3,(H,16,17,18);10-12H,3-9H2,1-2H3,(H,15,20)(H,16,17,18);8,10,12H,3-7,9H2,1-2H3,(H,15,19)(H,14,16,17);7,10-11H,3-6,8-9H2,1-2H3,(H,14,15,16). The van der Waals surface area contributed by atoms with Crippen molar-refractivity contribution in [2.75, 3.05) is 98.2 Å². The summed E-state index contributed by atoms with van der Waals surface area (Å²) in [5.74, 6) is 5.56. The number of hydrogen-bond donors (Lipinski definition) is 9. The Morgan fingerprint density at radius 2 is 0.698 bits per heavy atom. The lowest BCUT2D eigenvalue weighted by Gasteiger charge is -2.41. The van der Waals surface area contributed by atoms with Crippen molar-refractivity contribution in [2.24, 2.45) is 39.8 Å². The lowest BCUT2D eigenvalue weighted by Crippen LogP contribution is -2.50. The molecule has 0 bridgehead atoms. The number of unbranched alkanes of at least 4 members (excludes halogenated alkanes) is 1. The van der Waals surface area contributed by atoms with Gasteiger partial charge in [0.05, 0.1) is 84.9 Å². The van der Waals surface area contributed by atoms with Crippen molar-refractivity contribution in [1.82, 2.24) is 143 Å². The minimum absolute atomic E-state index is 0.110. The molecular weight excluding hydrogens is 1760 g/mol. The largest absolute Gasteiger partial charge is 0.352 e. The van der Waals surface area contributed by atoms with Gasteiger partial charge in [-0.15, -0.1) is 0 Å². The summed E-state index contributed by atoms with van der Waals surface area (Å²) in [6.07, 6.45) is 46.3. The van der Waals surface area contributed by atoms with E-state index in [1.807, 2.05) is 11.1 Å². The monoisotopic (exact) mass is 1940 g/mol. The summed E-state index contributed by atoms with van der Waals surface area (Å²) < 4.78 is 0. The van der Waals surface area contributed by atoms with Gasteiger partial charge in [0.15, 0.2) is 0 Å². The van der Waals surface area contributed by atoms with Crippen molar-refractivity contribution in [1.29, 1.82) is 0 Å². The number of aromatic nitrogens is 18. The Bertz CT molecular complexity index is 4190. The molecule has 0 aliphatic carbocycles. The predicted octanol–water partition coefficient (Wildman–Crippen LogP) is 13.4. The molecule has 14 rings (SSSR count). The molecule has 0 aromatic carbocycles. The number of H-pyrrole nitrogens is 6. The van der Waals surface area contributed by atoms with Crippen LogP contribution in [0.2, 0.25) is 0 Å². The number of hydrogen-bond acceptors (Lipinski definition) is 28. The Morgan fingerprint density at radius 3 is 1.10 bits per heavy atom. The molecule has 6 aromatic rings. The number of Topliss-reactive ketones (excluding diaryl/α,β-unsaturated/α-hetero) is 4. The second kappa shape index (κ2) is 66.0. The fraction of sp³-hybridized carbons (Fsp3) is 0.794. The van der Waals surface area contributed by atoms with E-state index >= 15 is 0 Å². The fourth-order valence-electron chi connectivity index (χ4n) is 19.4.